The lowest BCUT2D eigenvalue weighted by Gasteiger charge is -2.32. The molecule has 2 aliphatic carbocycles. The molecule has 0 saturated heterocycles. The van der Waals surface area contributed by atoms with Crippen LogP contribution in [0, 0.1) is 11.3 Å². The van der Waals surface area contributed by atoms with Crippen LogP contribution in [-0.2, 0) is 0 Å². The number of hydrogen-bond donors (Lipinski definition) is 1. The van der Waals surface area contributed by atoms with E-state index in [1.807, 2.05) is 0 Å². The number of nitrogens with two attached hydrogens (primary N) is 1. The summed E-state index contributed by atoms with van der Waals surface area (Å²) >= 11 is 5.02. The molecule has 0 spiro atoms. The van der Waals surface area contributed by atoms with Crippen LogP contribution in [0.5, 0.6) is 0 Å². The third-order valence-corrected chi connectivity index (χ3v) is 4.05. The molecule has 2 aliphatic rings. The number of thiocarbonyl (C=S) groups is 1. The lowest BCUT2D eigenvalue weighted by Crippen LogP contribution is -2.35. The first kappa shape index (κ1) is 11.3. The molecule has 86 valence electrons. The molecule has 0 aromatic heterocycles. The molecular weight excluding hydrogens is 204 g/mol. The fourth-order valence-corrected chi connectivity index (χ4v) is 3.00. The van der Waals surface area contributed by atoms with Gasteiger partial charge in [-0.1, -0.05) is 18.6 Å². The highest BCUT2D eigenvalue weighted by Gasteiger charge is 2.43. The van der Waals surface area contributed by atoms with Crippen LogP contribution in [0.2, 0.25) is 0 Å². The quantitative estimate of drug-likeness (QED) is 0.704. The Morgan fingerprint density at radius 1 is 1.47 bits per heavy atom. The van der Waals surface area contributed by atoms with Crippen LogP contribution in [0.25, 0.3) is 0 Å². The summed E-state index contributed by atoms with van der Waals surface area (Å²) in [4.78, 5) is 3.19. The highest BCUT2D eigenvalue weighted by molar-refractivity contribution is 7.80. The van der Waals surface area contributed by atoms with Crippen molar-refractivity contribution in [3.63, 3.8) is 0 Å². The highest BCUT2D eigenvalue weighted by atomic mass is 32.1. The Morgan fingerprint density at radius 3 is 2.53 bits per heavy atom. The molecule has 0 unspecified atom stereocenters. The van der Waals surface area contributed by atoms with Gasteiger partial charge in [-0.15, -0.1) is 0 Å². The second-order valence-corrected chi connectivity index (χ2v) is 6.16. The zero-order valence-corrected chi connectivity index (χ0v) is 10.5. The first-order valence-electron chi connectivity index (χ1n) is 6.06. The van der Waals surface area contributed by atoms with Crippen LogP contribution in [0.3, 0.4) is 0 Å². The van der Waals surface area contributed by atoms with Gasteiger partial charge in [0.1, 0.15) is 0 Å². The van der Waals surface area contributed by atoms with Gasteiger partial charge >= 0.3 is 0 Å². The summed E-state index contributed by atoms with van der Waals surface area (Å²) in [6.07, 6.45) is 7.91. The van der Waals surface area contributed by atoms with E-state index in [1.54, 1.807) is 0 Å². The van der Waals surface area contributed by atoms with E-state index < -0.39 is 0 Å². The van der Waals surface area contributed by atoms with E-state index in [0.29, 0.717) is 10.4 Å². The van der Waals surface area contributed by atoms with E-state index >= 15 is 0 Å². The molecule has 15 heavy (non-hydrogen) atoms. The number of rotatable bonds is 6. The van der Waals surface area contributed by atoms with Crippen molar-refractivity contribution in [2.45, 2.75) is 38.5 Å². The molecule has 2 fully saturated rings. The van der Waals surface area contributed by atoms with Crippen molar-refractivity contribution < 1.29 is 0 Å². The predicted molar refractivity (Wildman–Crippen MR) is 67.9 cm³/mol. The molecule has 0 radical (unpaired) electrons. The van der Waals surface area contributed by atoms with Crippen molar-refractivity contribution >= 4 is 17.2 Å². The Balaban J connectivity index is 1.72. The van der Waals surface area contributed by atoms with Gasteiger partial charge in [0, 0.05) is 19.5 Å². The normalized spacial score (nSPS) is 23.9. The average molecular weight is 226 g/mol. The lowest BCUT2D eigenvalue weighted by molar-refractivity contribution is 0.180. The molecule has 0 aromatic rings. The minimum atomic E-state index is 0.463. The zero-order valence-electron chi connectivity index (χ0n) is 9.67. The minimum Gasteiger partial charge on any atom is -0.393 e. The minimum absolute atomic E-state index is 0.463. The fourth-order valence-electron chi connectivity index (χ4n) is 2.69. The molecule has 2 saturated carbocycles. The smallest absolute Gasteiger partial charge is 0.0733 e. The molecule has 0 aliphatic heterocycles. The van der Waals surface area contributed by atoms with E-state index in [9.17, 15) is 0 Å². The number of nitrogens with zero attached hydrogens (tertiary/aromatic N) is 1. The maximum atomic E-state index is 5.65. The molecule has 0 aromatic carbocycles. The monoisotopic (exact) mass is 226 g/mol. The van der Waals surface area contributed by atoms with E-state index in [-0.39, 0.29) is 0 Å². The molecule has 2 rings (SSSR count). The van der Waals surface area contributed by atoms with Crippen molar-refractivity contribution in [2.75, 3.05) is 20.1 Å². The number of hydrogen-bond acceptors (Lipinski definition) is 2. The van der Waals surface area contributed by atoms with Gasteiger partial charge in [0.25, 0.3) is 0 Å². The predicted octanol–water partition coefficient (Wildman–Crippen LogP) is 2.17. The average Bonchev–Trinajstić information content (AvgIpc) is 2.76. The zero-order chi connectivity index (χ0) is 10.9. The SMILES string of the molecule is CN(CC1CCC1)CC1(CC(N)=S)CC1. The van der Waals surface area contributed by atoms with Gasteiger partial charge in [0.05, 0.1) is 4.99 Å². The highest BCUT2D eigenvalue weighted by Crippen LogP contribution is 2.49. The summed E-state index contributed by atoms with van der Waals surface area (Å²) in [5.74, 6) is 0.968. The van der Waals surface area contributed by atoms with Gasteiger partial charge < -0.3 is 10.6 Å². The molecule has 3 heteroatoms. The Labute approximate surface area is 98.2 Å². The lowest BCUT2D eigenvalue weighted by atomic mass is 9.85. The van der Waals surface area contributed by atoms with Gasteiger partial charge in [0.2, 0.25) is 0 Å². The van der Waals surface area contributed by atoms with Crippen LogP contribution in [0.1, 0.15) is 38.5 Å². The second kappa shape index (κ2) is 4.38. The maximum absolute atomic E-state index is 5.65. The van der Waals surface area contributed by atoms with E-state index in [2.05, 4.69) is 11.9 Å². The summed E-state index contributed by atoms with van der Waals surface area (Å²) < 4.78 is 0. The standard InChI is InChI=1S/C12H22N2S/c1-14(8-10-3-2-4-10)9-12(5-6-12)7-11(13)15/h10H,2-9H2,1H3,(H2,13,15). The van der Waals surface area contributed by atoms with Crippen molar-refractivity contribution in [1.29, 1.82) is 0 Å². The topological polar surface area (TPSA) is 29.3 Å². The Kier molecular flexibility index (Phi) is 3.31. The van der Waals surface area contributed by atoms with Crippen LogP contribution >= 0.6 is 12.2 Å². The summed E-state index contributed by atoms with van der Waals surface area (Å²) in [6.45, 7) is 2.47. The molecule has 2 nitrogen and oxygen atoms in total. The van der Waals surface area contributed by atoms with Crippen LogP contribution < -0.4 is 5.73 Å². The van der Waals surface area contributed by atoms with E-state index in [4.69, 9.17) is 18.0 Å². The van der Waals surface area contributed by atoms with Gasteiger partial charge in [-0.05, 0) is 44.1 Å². The van der Waals surface area contributed by atoms with E-state index in [0.717, 1.165) is 12.3 Å². The van der Waals surface area contributed by atoms with Crippen molar-refractivity contribution in [3.8, 4) is 0 Å². The Hall–Kier alpha value is -0.150. The van der Waals surface area contributed by atoms with Gasteiger partial charge in [0.15, 0.2) is 0 Å². The molecule has 0 bridgehead atoms. The second-order valence-electron chi connectivity index (χ2n) is 5.64. The summed E-state index contributed by atoms with van der Waals surface area (Å²) in [7, 11) is 2.25. The van der Waals surface area contributed by atoms with Gasteiger partial charge in [-0.25, -0.2) is 0 Å². The van der Waals surface area contributed by atoms with E-state index in [1.165, 1.54) is 45.2 Å². The first-order valence-corrected chi connectivity index (χ1v) is 6.47. The fraction of sp³-hybridized carbons (Fsp3) is 0.917. The molecule has 0 heterocycles. The maximum Gasteiger partial charge on any atom is 0.0733 e. The molecule has 0 atom stereocenters. The first-order chi connectivity index (χ1) is 7.10. The molecule has 2 N–H and O–H groups in total. The third kappa shape index (κ3) is 3.15. The Bertz CT molecular complexity index is 244. The largest absolute Gasteiger partial charge is 0.393 e. The summed E-state index contributed by atoms with van der Waals surface area (Å²) in [5, 5.41) is 0. The summed E-state index contributed by atoms with van der Waals surface area (Å²) in [6, 6.07) is 0. The van der Waals surface area contributed by atoms with Crippen LogP contribution in [-0.4, -0.2) is 30.0 Å². The molecular formula is C12H22N2S. The van der Waals surface area contributed by atoms with Crippen molar-refractivity contribution in [1.82, 2.24) is 4.90 Å². The summed E-state index contributed by atoms with van der Waals surface area (Å²) in [5.41, 5.74) is 6.11. The van der Waals surface area contributed by atoms with Gasteiger partial charge in [-0.2, -0.15) is 0 Å². The van der Waals surface area contributed by atoms with Crippen molar-refractivity contribution in [2.24, 2.45) is 17.1 Å². The molecule has 0 amide bonds. The van der Waals surface area contributed by atoms with Crippen LogP contribution in [0.4, 0.5) is 0 Å². The van der Waals surface area contributed by atoms with Gasteiger partial charge in [-0.3, -0.25) is 0 Å². The van der Waals surface area contributed by atoms with Crippen molar-refractivity contribution in [3.05, 3.63) is 0 Å². The third-order valence-electron chi connectivity index (χ3n) is 3.91. The Morgan fingerprint density at radius 2 is 2.13 bits per heavy atom. The van der Waals surface area contributed by atoms with Crippen LogP contribution in [0.15, 0.2) is 0 Å².